The summed E-state index contributed by atoms with van der Waals surface area (Å²) < 4.78 is 5.39. The lowest BCUT2D eigenvalue weighted by atomic mass is 9.91. The number of amides is 1. The maximum absolute atomic E-state index is 12.1. The summed E-state index contributed by atoms with van der Waals surface area (Å²) in [7, 11) is 0. The van der Waals surface area contributed by atoms with Gasteiger partial charge in [0.15, 0.2) is 0 Å². The molecule has 3 N–H and O–H groups in total. The van der Waals surface area contributed by atoms with Crippen LogP contribution in [0.4, 0.5) is 0 Å². The van der Waals surface area contributed by atoms with Crippen molar-refractivity contribution in [3.05, 3.63) is 35.9 Å². The number of hydrogen-bond donors (Lipinski definition) is 2. The number of nitrogens with two attached hydrogens (primary N) is 1. The SMILES string of the molecule is CC(CN)(NC(=O)C1CCCO1)c1ccccc1. The Kier molecular flexibility index (Phi) is 3.99. The first-order valence-electron chi connectivity index (χ1n) is 6.35. The highest BCUT2D eigenvalue weighted by Crippen LogP contribution is 2.21. The lowest BCUT2D eigenvalue weighted by Crippen LogP contribution is -2.51. The van der Waals surface area contributed by atoms with Crippen LogP contribution >= 0.6 is 0 Å². The molecule has 0 radical (unpaired) electrons. The van der Waals surface area contributed by atoms with Crippen molar-refractivity contribution in [3.8, 4) is 0 Å². The molecule has 0 aliphatic carbocycles. The van der Waals surface area contributed by atoms with Crippen molar-refractivity contribution >= 4 is 5.91 Å². The molecular formula is C14H20N2O2. The molecule has 1 fully saturated rings. The van der Waals surface area contributed by atoms with Gasteiger partial charge in [0.25, 0.3) is 0 Å². The van der Waals surface area contributed by atoms with Crippen molar-refractivity contribution < 1.29 is 9.53 Å². The number of carbonyl (C=O) groups is 1. The highest BCUT2D eigenvalue weighted by atomic mass is 16.5. The largest absolute Gasteiger partial charge is 0.368 e. The average molecular weight is 248 g/mol. The molecule has 1 aromatic rings. The van der Waals surface area contributed by atoms with Gasteiger partial charge in [0.2, 0.25) is 5.91 Å². The van der Waals surface area contributed by atoms with E-state index in [1.165, 1.54) is 0 Å². The van der Waals surface area contributed by atoms with Crippen molar-refractivity contribution in [1.29, 1.82) is 0 Å². The minimum Gasteiger partial charge on any atom is -0.368 e. The van der Waals surface area contributed by atoms with Crippen LogP contribution in [0.3, 0.4) is 0 Å². The van der Waals surface area contributed by atoms with E-state index in [1.807, 2.05) is 37.3 Å². The number of ether oxygens (including phenoxy) is 1. The molecule has 4 nitrogen and oxygen atoms in total. The zero-order valence-electron chi connectivity index (χ0n) is 10.7. The second-order valence-electron chi connectivity index (χ2n) is 4.89. The van der Waals surface area contributed by atoms with Gasteiger partial charge in [-0.2, -0.15) is 0 Å². The molecule has 1 amide bonds. The van der Waals surface area contributed by atoms with Gasteiger partial charge in [0, 0.05) is 13.2 Å². The third kappa shape index (κ3) is 2.71. The second-order valence-corrected chi connectivity index (χ2v) is 4.89. The quantitative estimate of drug-likeness (QED) is 0.840. The Hall–Kier alpha value is -1.39. The molecule has 1 aromatic carbocycles. The van der Waals surface area contributed by atoms with Crippen LogP contribution in [0.2, 0.25) is 0 Å². The van der Waals surface area contributed by atoms with Gasteiger partial charge in [-0.05, 0) is 25.3 Å². The van der Waals surface area contributed by atoms with Crippen molar-refractivity contribution in [2.45, 2.75) is 31.4 Å². The Balaban J connectivity index is 2.10. The van der Waals surface area contributed by atoms with Crippen molar-refractivity contribution in [3.63, 3.8) is 0 Å². The monoisotopic (exact) mass is 248 g/mol. The number of nitrogens with one attached hydrogen (secondary N) is 1. The maximum Gasteiger partial charge on any atom is 0.249 e. The maximum atomic E-state index is 12.1. The van der Waals surface area contributed by atoms with Crippen LogP contribution in [0.5, 0.6) is 0 Å². The van der Waals surface area contributed by atoms with Crippen LogP contribution in [0.1, 0.15) is 25.3 Å². The summed E-state index contributed by atoms with van der Waals surface area (Å²) in [5.41, 5.74) is 6.31. The first-order valence-corrected chi connectivity index (χ1v) is 6.35. The molecule has 1 heterocycles. The molecule has 0 aromatic heterocycles. The Morgan fingerprint density at radius 3 is 2.78 bits per heavy atom. The third-order valence-electron chi connectivity index (χ3n) is 3.44. The minimum atomic E-state index is -0.537. The molecule has 2 rings (SSSR count). The fraction of sp³-hybridized carbons (Fsp3) is 0.500. The van der Waals surface area contributed by atoms with E-state index in [1.54, 1.807) is 0 Å². The van der Waals surface area contributed by atoms with Gasteiger partial charge in [0.05, 0.1) is 5.54 Å². The van der Waals surface area contributed by atoms with Crippen molar-refractivity contribution in [2.75, 3.05) is 13.2 Å². The van der Waals surface area contributed by atoms with Gasteiger partial charge >= 0.3 is 0 Å². The molecule has 2 unspecified atom stereocenters. The molecule has 1 saturated heterocycles. The number of rotatable bonds is 4. The van der Waals surface area contributed by atoms with E-state index in [4.69, 9.17) is 10.5 Å². The highest BCUT2D eigenvalue weighted by Gasteiger charge is 2.31. The standard InChI is InChI=1S/C14H20N2O2/c1-14(10-15,11-6-3-2-4-7-11)16-13(17)12-8-5-9-18-12/h2-4,6-7,12H,5,8-10,15H2,1H3,(H,16,17). The first-order chi connectivity index (χ1) is 8.65. The fourth-order valence-corrected chi connectivity index (χ4v) is 2.18. The average Bonchev–Trinajstić information content (AvgIpc) is 2.93. The van der Waals surface area contributed by atoms with E-state index < -0.39 is 5.54 Å². The van der Waals surface area contributed by atoms with E-state index in [2.05, 4.69) is 5.32 Å². The molecule has 18 heavy (non-hydrogen) atoms. The van der Waals surface area contributed by atoms with E-state index in [-0.39, 0.29) is 12.0 Å². The Labute approximate surface area is 108 Å². The predicted octanol–water partition coefficient (Wildman–Crippen LogP) is 1.16. The molecule has 0 spiro atoms. The summed E-state index contributed by atoms with van der Waals surface area (Å²) in [5, 5.41) is 3.01. The van der Waals surface area contributed by atoms with Crippen LogP contribution < -0.4 is 11.1 Å². The van der Waals surface area contributed by atoms with Gasteiger partial charge in [0.1, 0.15) is 6.10 Å². The van der Waals surface area contributed by atoms with Gasteiger partial charge in [-0.15, -0.1) is 0 Å². The van der Waals surface area contributed by atoms with Crippen LogP contribution in [0.25, 0.3) is 0 Å². The normalized spacial score (nSPS) is 22.4. The summed E-state index contributed by atoms with van der Waals surface area (Å²) in [5.74, 6) is -0.0655. The van der Waals surface area contributed by atoms with Crippen LogP contribution in [0, 0.1) is 0 Å². The number of benzene rings is 1. The zero-order valence-corrected chi connectivity index (χ0v) is 10.7. The lowest BCUT2D eigenvalue weighted by Gasteiger charge is -2.31. The van der Waals surface area contributed by atoms with Gasteiger partial charge in [-0.1, -0.05) is 30.3 Å². The van der Waals surface area contributed by atoms with Crippen LogP contribution in [0.15, 0.2) is 30.3 Å². The molecule has 0 bridgehead atoms. The topological polar surface area (TPSA) is 64.3 Å². The van der Waals surface area contributed by atoms with Crippen LogP contribution in [-0.4, -0.2) is 25.2 Å². The molecule has 1 aliphatic heterocycles. The molecular weight excluding hydrogens is 228 g/mol. The molecule has 1 aliphatic rings. The fourth-order valence-electron chi connectivity index (χ4n) is 2.18. The smallest absolute Gasteiger partial charge is 0.249 e. The third-order valence-corrected chi connectivity index (χ3v) is 3.44. The minimum absolute atomic E-state index is 0.0655. The Morgan fingerprint density at radius 2 is 2.22 bits per heavy atom. The van der Waals surface area contributed by atoms with Crippen LogP contribution in [-0.2, 0) is 15.1 Å². The summed E-state index contributed by atoms with van der Waals surface area (Å²) in [4.78, 5) is 12.1. The van der Waals surface area contributed by atoms with E-state index >= 15 is 0 Å². The van der Waals surface area contributed by atoms with E-state index in [9.17, 15) is 4.79 Å². The van der Waals surface area contributed by atoms with Crippen molar-refractivity contribution in [1.82, 2.24) is 5.32 Å². The van der Waals surface area contributed by atoms with E-state index in [0.29, 0.717) is 13.2 Å². The molecule has 98 valence electrons. The summed E-state index contributed by atoms with van der Waals surface area (Å²) in [6, 6.07) is 9.79. The first kappa shape index (κ1) is 13.1. The van der Waals surface area contributed by atoms with Crippen molar-refractivity contribution in [2.24, 2.45) is 5.73 Å². The summed E-state index contributed by atoms with van der Waals surface area (Å²) in [6.07, 6.45) is 1.42. The molecule has 2 atom stereocenters. The molecule has 0 saturated carbocycles. The summed E-state index contributed by atoms with van der Waals surface area (Å²) >= 11 is 0. The van der Waals surface area contributed by atoms with Gasteiger partial charge in [-0.3, -0.25) is 4.79 Å². The van der Waals surface area contributed by atoms with E-state index in [0.717, 1.165) is 18.4 Å². The number of carbonyl (C=O) groups excluding carboxylic acids is 1. The zero-order chi connectivity index (χ0) is 13.0. The molecule has 4 heteroatoms. The highest BCUT2D eigenvalue weighted by molar-refractivity contribution is 5.82. The summed E-state index contributed by atoms with van der Waals surface area (Å²) in [6.45, 7) is 2.97. The van der Waals surface area contributed by atoms with Gasteiger partial charge < -0.3 is 15.8 Å². The predicted molar refractivity (Wildman–Crippen MR) is 70.0 cm³/mol. The Bertz CT molecular complexity index is 402. The van der Waals surface area contributed by atoms with Gasteiger partial charge in [-0.25, -0.2) is 0 Å². The second kappa shape index (κ2) is 5.50. The lowest BCUT2D eigenvalue weighted by molar-refractivity contribution is -0.132. The number of hydrogen-bond acceptors (Lipinski definition) is 3. The Morgan fingerprint density at radius 1 is 1.50 bits per heavy atom.